The third-order valence-corrected chi connectivity index (χ3v) is 23.6. The van der Waals surface area contributed by atoms with Gasteiger partial charge in [-0.05, 0) is 155 Å². The number of nitrogens with zero attached hydrogens (tertiary/aromatic N) is 6. The third-order valence-electron chi connectivity index (χ3n) is 22.1. The summed E-state index contributed by atoms with van der Waals surface area (Å²) in [7, 11) is -0.401. The van der Waals surface area contributed by atoms with Crippen molar-refractivity contribution in [1.82, 2.24) is 29.9 Å². The summed E-state index contributed by atoms with van der Waals surface area (Å²) >= 11 is 10.7. The van der Waals surface area contributed by atoms with Crippen LogP contribution in [-0.2, 0) is 33.2 Å². The molecule has 1 aliphatic heterocycles. The fraction of sp³-hybridized carbons (Fsp3) is 0.151. The molecule has 3 aliphatic rings. The van der Waals surface area contributed by atoms with Crippen molar-refractivity contribution < 1.29 is 14.4 Å². The SMILES string of the molecule is Brc1ccc(-c2nc(-c3ccccc3)nc(-c3ccccc3)n2)cc1.CC(C)Cc1cccc(C2(c3cccc(Br)c3)c3ccccc3-c3ccccc32)c1.CC(C)Cc1ccccc1.CC1(C)OB(c2ccc(-c3nc(-c4ccccc4)nc(-c4ccccc4)n3)cc2)OC1(C)C.OC1(c2cccc(Br)c2)c2ccccc2-c2ccccc21. The van der Waals surface area contributed by atoms with Gasteiger partial charge in [0, 0.05) is 57.9 Å². The van der Waals surface area contributed by atoms with Crippen LogP contribution in [0.2, 0.25) is 0 Å². The second-order valence-electron chi connectivity index (χ2n) is 31.8. The molecule has 0 unspecified atom stereocenters. The summed E-state index contributed by atoms with van der Waals surface area (Å²) < 4.78 is 15.5. The maximum atomic E-state index is 11.6. The van der Waals surface area contributed by atoms with Crippen LogP contribution in [0, 0.1) is 11.8 Å². The zero-order valence-corrected chi connectivity index (χ0v) is 72.7. The average Bonchev–Trinajstić information content (AvgIpc) is 1.63. The number of rotatable bonds is 14. The smallest absolute Gasteiger partial charge is 0.399 e. The number of hydrogen-bond acceptors (Lipinski definition) is 9. The van der Waals surface area contributed by atoms with Gasteiger partial charge in [0.2, 0.25) is 0 Å². The maximum absolute atomic E-state index is 11.6. The Hall–Kier alpha value is -11.5. The molecule has 0 atom stereocenters. The van der Waals surface area contributed by atoms with Crippen LogP contribution in [0.1, 0.15) is 105 Å². The van der Waals surface area contributed by atoms with Gasteiger partial charge in [0.15, 0.2) is 34.9 Å². The van der Waals surface area contributed by atoms with Gasteiger partial charge in [-0.25, -0.2) is 29.9 Å². The van der Waals surface area contributed by atoms with Gasteiger partial charge in [-0.3, -0.25) is 0 Å². The van der Waals surface area contributed by atoms with Crippen molar-refractivity contribution in [2.75, 3.05) is 0 Å². The zero-order chi connectivity index (χ0) is 82.7. The highest BCUT2D eigenvalue weighted by atomic mass is 79.9. The molecular formula is C106H92BBr3N6O3. The van der Waals surface area contributed by atoms with Crippen LogP contribution in [0.3, 0.4) is 0 Å². The zero-order valence-electron chi connectivity index (χ0n) is 67.9. The Bertz CT molecular complexity index is 5920. The monoisotopic (exact) mass is 1740 g/mol. The first-order chi connectivity index (χ1) is 57.7. The molecule has 19 rings (SSSR count). The highest BCUT2D eigenvalue weighted by Gasteiger charge is 2.52. The molecule has 0 spiro atoms. The molecule has 0 amide bonds. The van der Waals surface area contributed by atoms with Crippen LogP contribution in [0.15, 0.2) is 383 Å². The number of hydrogen-bond donors (Lipinski definition) is 1. The third kappa shape index (κ3) is 18.4. The van der Waals surface area contributed by atoms with Gasteiger partial charge < -0.3 is 14.4 Å². The molecular weight excluding hydrogens is 1660 g/mol. The lowest BCUT2D eigenvalue weighted by Gasteiger charge is -2.34. The fourth-order valence-electron chi connectivity index (χ4n) is 15.7. The number of halogens is 3. The summed E-state index contributed by atoms with van der Waals surface area (Å²) in [6.45, 7) is 17.3. The fourth-order valence-corrected chi connectivity index (χ4v) is 16.8. The van der Waals surface area contributed by atoms with E-state index in [1.165, 1.54) is 50.9 Å². The molecule has 9 nitrogen and oxygen atoms in total. The predicted molar refractivity (Wildman–Crippen MR) is 499 cm³/mol. The summed E-state index contributed by atoms with van der Waals surface area (Å²) in [4.78, 5) is 28.4. The lowest BCUT2D eigenvalue weighted by Crippen LogP contribution is -2.41. The molecule has 16 aromatic rings. The number of benzene rings is 14. The van der Waals surface area contributed by atoms with E-state index in [-0.39, 0.29) is 16.6 Å². The highest BCUT2D eigenvalue weighted by molar-refractivity contribution is 9.11. The standard InChI is InChI=1S/C29H25Br.C27H26BN3O2.C21H14BrN3.C19H13BrO.C10H14/c1-20(2)17-21-9-7-10-22(18-21)29(23-11-8-12-24(30)19-23)27-15-5-3-13-25(27)26-14-4-6-16-28(26)29;1-26(2)27(3,4)33-28(32-26)22-17-15-21(16-18-22)25-30-23(19-11-7-5-8-12-19)29-24(31-25)20-13-9-6-10-14-20;22-18-13-11-17(12-14-18)21-24-19(15-7-3-1-4-8-15)23-20(25-21)16-9-5-2-6-10-16;20-14-7-5-6-13(12-14)19(21)17-10-3-1-8-15(17)16-9-2-4-11-18(16)19;1-9(2)8-10-6-4-3-5-7-10/h3-16,18-20H,17H2,1-2H3;5-18H,1-4H3;1-14H;1-12,21H;3-7,9H,8H2,1-2H3. The van der Waals surface area contributed by atoms with Gasteiger partial charge in [0.05, 0.1) is 16.6 Å². The molecule has 14 aromatic carbocycles. The van der Waals surface area contributed by atoms with Crippen molar-refractivity contribution >= 4 is 60.4 Å². The number of aromatic nitrogens is 6. The van der Waals surface area contributed by atoms with E-state index in [2.05, 4.69) is 248 Å². The Labute approximate surface area is 725 Å². The Morgan fingerprint density at radius 3 is 0.950 bits per heavy atom. The largest absolute Gasteiger partial charge is 0.494 e. The van der Waals surface area contributed by atoms with E-state index < -0.39 is 12.7 Å². The molecule has 3 heterocycles. The topological polar surface area (TPSA) is 116 Å². The highest BCUT2D eigenvalue weighted by Crippen LogP contribution is 2.57. The van der Waals surface area contributed by atoms with Crippen molar-refractivity contribution in [3.8, 4) is 90.6 Å². The molecule has 2 aliphatic carbocycles. The van der Waals surface area contributed by atoms with Crippen LogP contribution in [0.4, 0.5) is 0 Å². The lowest BCUT2D eigenvalue weighted by atomic mass is 9.67. The molecule has 119 heavy (non-hydrogen) atoms. The van der Waals surface area contributed by atoms with Gasteiger partial charge >= 0.3 is 7.12 Å². The van der Waals surface area contributed by atoms with Crippen molar-refractivity contribution in [2.24, 2.45) is 11.8 Å². The maximum Gasteiger partial charge on any atom is 0.494 e. The Kier molecular flexibility index (Phi) is 25.5. The quantitative estimate of drug-likeness (QED) is 0.106. The van der Waals surface area contributed by atoms with E-state index in [0.717, 1.165) is 92.4 Å². The summed E-state index contributed by atoms with van der Waals surface area (Å²) in [6, 6.07) is 127. The van der Waals surface area contributed by atoms with Crippen molar-refractivity contribution in [1.29, 1.82) is 0 Å². The van der Waals surface area contributed by atoms with E-state index in [1.807, 2.05) is 231 Å². The normalized spacial score (nSPS) is 13.8. The Morgan fingerprint density at radius 1 is 0.286 bits per heavy atom. The van der Waals surface area contributed by atoms with E-state index in [9.17, 15) is 5.11 Å². The molecule has 588 valence electrons. The minimum atomic E-state index is -1.09. The van der Waals surface area contributed by atoms with Crippen LogP contribution in [0.5, 0.6) is 0 Å². The second kappa shape index (κ2) is 36.8. The van der Waals surface area contributed by atoms with Crippen molar-refractivity contribution in [3.05, 3.63) is 434 Å². The molecule has 1 fully saturated rings. The molecule has 2 aromatic heterocycles. The van der Waals surface area contributed by atoms with E-state index in [0.29, 0.717) is 40.9 Å². The van der Waals surface area contributed by atoms with Crippen LogP contribution in [0.25, 0.3) is 90.6 Å². The van der Waals surface area contributed by atoms with Gasteiger partial charge in [0.25, 0.3) is 0 Å². The first-order valence-electron chi connectivity index (χ1n) is 40.4. The molecule has 0 saturated carbocycles. The lowest BCUT2D eigenvalue weighted by molar-refractivity contribution is 0.00578. The van der Waals surface area contributed by atoms with Crippen LogP contribution < -0.4 is 5.46 Å². The summed E-state index contributed by atoms with van der Waals surface area (Å²) in [6.07, 6.45) is 2.28. The molecule has 1 N–H and O–H groups in total. The second-order valence-corrected chi connectivity index (χ2v) is 34.6. The van der Waals surface area contributed by atoms with Crippen LogP contribution >= 0.6 is 47.8 Å². The number of aliphatic hydroxyl groups is 1. The van der Waals surface area contributed by atoms with Gasteiger partial charge in [-0.2, -0.15) is 0 Å². The van der Waals surface area contributed by atoms with Crippen LogP contribution in [-0.4, -0.2) is 53.3 Å². The van der Waals surface area contributed by atoms with E-state index in [1.54, 1.807) is 0 Å². The summed E-state index contributed by atoms with van der Waals surface area (Å²) in [5.74, 6) is 5.33. The summed E-state index contributed by atoms with van der Waals surface area (Å²) in [5, 5.41) is 11.6. The molecule has 0 radical (unpaired) electrons. The average molecular weight is 1750 g/mol. The first kappa shape index (κ1) is 82.6. The van der Waals surface area contributed by atoms with Gasteiger partial charge in [-0.1, -0.05) is 409 Å². The minimum absolute atomic E-state index is 0.316. The van der Waals surface area contributed by atoms with Crippen molar-refractivity contribution in [3.63, 3.8) is 0 Å². The first-order valence-corrected chi connectivity index (χ1v) is 42.8. The van der Waals surface area contributed by atoms with Crippen molar-refractivity contribution in [2.45, 2.75) is 90.4 Å². The molecule has 1 saturated heterocycles. The predicted octanol–water partition coefficient (Wildman–Crippen LogP) is 26.4. The van der Waals surface area contributed by atoms with Gasteiger partial charge in [0.1, 0.15) is 5.60 Å². The molecule has 0 bridgehead atoms. The molecule has 13 heteroatoms. The van der Waals surface area contributed by atoms with Gasteiger partial charge in [-0.15, -0.1) is 0 Å². The Morgan fingerprint density at radius 2 is 0.571 bits per heavy atom. The number of fused-ring (bicyclic) bond motifs is 6. The minimum Gasteiger partial charge on any atom is -0.399 e. The van der Waals surface area contributed by atoms with E-state index >= 15 is 0 Å². The Balaban J connectivity index is 0.000000120. The summed E-state index contributed by atoms with van der Waals surface area (Å²) in [5.41, 5.74) is 20.4. The van der Waals surface area contributed by atoms with E-state index in [4.69, 9.17) is 34.2 Å².